The topological polar surface area (TPSA) is 68.6 Å². The molecule has 1 fully saturated rings. The van der Waals surface area contributed by atoms with Gasteiger partial charge in [-0.05, 0) is 42.5 Å². The summed E-state index contributed by atoms with van der Waals surface area (Å²) in [7, 11) is 1.82. The summed E-state index contributed by atoms with van der Waals surface area (Å²) in [5.41, 5.74) is 2.61. The molecule has 1 saturated heterocycles. The van der Waals surface area contributed by atoms with Gasteiger partial charge in [0.15, 0.2) is 0 Å². The molecule has 0 spiro atoms. The molecule has 1 N–H and O–H groups in total. The van der Waals surface area contributed by atoms with Crippen molar-refractivity contribution in [3.8, 4) is 17.0 Å². The van der Waals surface area contributed by atoms with E-state index in [4.69, 9.17) is 32.7 Å². The van der Waals surface area contributed by atoms with E-state index < -0.39 is 0 Å². The van der Waals surface area contributed by atoms with Gasteiger partial charge >= 0.3 is 0 Å². The Morgan fingerprint density at radius 2 is 1.91 bits per heavy atom. The van der Waals surface area contributed by atoms with Gasteiger partial charge in [0.1, 0.15) is 12.4 Å². The lowest BCUT2D eigenvalue weighted by Gasteiger charge is -2.26. The number of nitrogens with one attached hydrogen (secondary N) is 1. The molecule has 2 aromatic carbocycles. The normalized spacial score (nSPS) is 14.3. The zero-order chi connectivity index (χ0) is 22.5. The lowest BCUT2D eigenvalue weighted by atomic mass is 10.1. The average Bonchev–Trinajstić information content (AvgIpc) is 3.13. The number of hydrogen-bond donors (Lipinski definition) is 1. The molecule has 0 atom stereocenters. The van der Waals surface area contributed by atoms with E-state index in [1.54, 1.807) is 35.1 Å². The second-order valence-corrected chi connectivity index (χ2v) is 8.28. The molecule has 168 valence electrons. The molecule has 0 bridgehead atoms. The van der Waals surface area contributed by atoms with Crippen LogP contribution in [0.25, 0.3) is 11.3 Å². The van der Waals surface area contributed by atoms with Gasteiger partial charge in [-0.15, -0.1) is 0 Å². The molecule has 9 heteroatoms. The SMILES string of the molecule is Cn1ncc(Cl)c1-c1cc(NC(=O)c2ccc(Cl)cc2)ccc1OCCN1CCOCC1. The van der Waals surface area contributed by atoms with Gasteiger partial charge in [-0.3, -0.25) is 14.4 Å². The van der Waals surface area contributed by atoms with Gasteiger partial charge < -0.3 is 14.8 Å². The molecule has 2 heterocycles. The molecule has 1 aliphatic rings. The highest BCUT2D eigenvalue weighted by Gasteiger charge is 2.17. The highest BCUT2D eigenvalue weighted by atomic mass is 35.5. The maximum Gasteiger partial charge on any atom is 0.255 e. The number of amides is 1. The van der Waals surface area contributed by atoms with E-state index in [2.05, 4.69) is 15.3 Å². The monoisotopic (exact) mass is 474 g/mol. The number of anilines is 1. The lowest BCUT2D eigenvalue weighted by Crippen LogP contribution is -2.38. The van der Waals surface area contributed by atoms with E-state index in [0.717, 1.165) is 44.1 Å². The lowest BCUT2D eigenvalue weighted by molar-refractivity contribution is 0.0323. The number of nitrogens with zero attached hydrogens (tertiary/aromatic N) is 3. The van der Waals surface area contributed by atoms with Crippen LogP contribution in [0, 0.1) is 0 Å². The van der Waals surface area contributed by atoms with Crippen LogP contribution in [0.5, 0.6) is 5.75 Å². The van der Waals surface area contributed by atoms with Crippen LogP contribution in [0.1, 0.15) is 10.4 Å². The van der Waals surface area contributed by atoms with Gasteiger partial charge in [0.2, 0.25) is 0 Å². The van der Waals surface area contributed by atoms with Crippen molar-refractivity contribution < 1.29 is 14.3 Å². The molecule has 4 rings (SSSR count). The molecular formula is C23H24Cl2N4O3. The minimum absolute atomic E-state index is 0.232. The van der Waals surface area contributed by atoms with Crippen LogP contribution in [0.2, 0.25) is 10.0 Å². The Morgan fingerprint density at radius 3 is 2.59 bits per heavy atom. The van der Waals surface area contributed by atoms with Gasteiger partial charge in [-0.25, -0.2) is 0 Å². The quantitative estimate of drug-likeness (QED) is 0.550. The summed E-state index contributed by atoms with van der Waals surface area (Å²) in [5.74, 6) is 0.443. The van der Waals surface area contributed by atoms with Gasteiger partial charge in [-0.1, -0.05) is 23.2 Å². The zero-order valence-electron chi connectivity index (χ0n) is 17.7. The first-order chi connectivity index (χ1) is 15.5. The van der Waals surface area contributed by atoms with E-state index in [1.165, 1.54) is 0 Å². The first-order valence-electron chi connectivity index (χ1n) is 10.3. The molecule has 7 nitrogen and oxygen atoms in total. The predicted molar refractivity (Wildman–Crippen MR) is 126 cm³/mol. The highest BCUT2D eigenvalue weighted by Crippen LogP contribution is 2.36. The van der Waals surface area contributed by atoms with Crippen molar-refractivity contribution in [2.75, 3.05) is 44.8 Å². The fraction of sp³-hybridized carbons (Fsp3) is 0.304. The number of rotatable bonds is 7. The van der Waals surface area contributed by atoms with Crippen molar-refractivity contribution in [3.63, 3.8) is 0 Å². The van der Waals surface area contributed by atoms with Gasteiger partial charge in [-0.2, -0.15) is 5.10 Å². The number of hydrogen-bond acceptors (Lipinski definition) is 5. The Balaban J connectivity index is 1.54. The molecule has 0 saturated carbocycles. The average molecular weight is 475 g/mol. The molecule has 0 radical (unpaired) electrons. The molecule has 32 heavy (non-hydrogen) atoms. The summed E-state index contributed by atoms with van der Waals surface area (Å²) >= 11 is 12.3. The van der Waals surface area contributed by atoms with E-state index in [0.29, 0.717) is 33.7 Å². The van der Waals surface area contributed by atoms with Crippen molar-refractivity contribution in [1.82, 2.24) is 14.7 Å². The molecule has 1 aromatic heterocycles. The van der Waals surface area contributed by atoms with Crippen molar-refractivity contribution in [1.29, 1.82) is 0 Å². The summed E-state index contributed by atoms with van der Waals surface area (Å²) in [6, 6.07) is 12.2. The number of carbonyl (C=O) groups is 1. The fourth-order valence-corrected chi connectivity index (χ4v) is 3.94. The largest absolute Gasteiger partial charge is 0.492 e. The van der Waals surface area contributed by atoms with Crippen LogP contribution in [-0.4, -0.2) is 60.0 Å². The summed E-state index contributed by atoms with van der Waals surface area (Å²) in [4.78, 5) is 15.0. The third-order valence-corrected chi connectivity index (χ3v) is 5.79. The Kier molecular flexibility index (Phi) is 7.32. The first-order valence-corrected chi connectivity index (χ1v) is 11.1. The van der Waals surface area contributed by atoms with Gasteiger partial charge in [0.25, 0.3) is 5.91 Å². The molecule has 1 aliphatic heterocycles. The number of aryl methyl sites for hydroxylation is 1. The standard InChI is InChI=1S/C23H24Cl2N4O3/c1-28-22(20(25)15-26-28)19-14-18(27-23(30)16-2-4-17(24)5-3-16)6-7-21(19)32-13-10-29-8-11-31-12-9-29/h2-7,14-15H,8-13H2,1H3,(H,27,30). The Hall–Kier alpha value is -2.58. The zero-order valence-corrected chi connectivity index (χ0v) is 19.2. The van der Waals surface area contributed by atoms with E-state index in [-0.39, 0.29) is 5.91 Å². The summed E-state index contributed by atoms with van der Waals surface area (Å²) in [5, 5.41) is 8.25. The smallest absolute Gasteiger partial charge is 0.255 e. The maximum absolute atomic E-state index is 12.6. The molecule has 1 amide bonds. The maximum atomic E-state index is 12.6. The molecule has 0 aliphatic carbocycles. The van der Waals surface area contributed by atoms with E-state index in [1.807, 2.05) is 25.2 Å². The van der Waals surface area contributed by atoms with Crippen molar-refractivity contribution in [2.24, 2.45) is 7.05 Å². The number of aromatic nitrogens is 2. The van der Waals surface area contributed by atoms with Crippen LogP contribution >= 0.6 is 23.2 Å². The highest BCUT2D eigenvalue weighted by molar-refractivity contribution is 6.33. The van der Waals surface area contributed by atoms with Crippen LogP contribution in [0.4, 0.5) is 5.69 Å². The third-order valence-electron chi connectivity index (χ3n) is 5.26. The fourth-order valence-electron chi connectivity index (χ4n) is 3.55. The number of ether oxygens (including phenoxy) is 2. The number of morpholine rings is 1. The number of benzene rings is 2. The van der Waals surface area contributed by atoms with Gasteiger partial charge in [0, 0.05) is 48.5 Å². The number of carbonyl (C=O) groups excluding carboxylic acids is 1. The second kappa shape index (κ2) is 10.4. The van der Waals surface area contributed by atoms with E-state index in [9.17, 15) is 4.79 Å². The van der Waals surface area contributed by atoms with Crippen LogP contribution < -0.4 is 10.1 Å². The van der Waals surface area contributed by atoms with Gasteiger partial charge in [0.05, 0.1) is 30.1 Å². The third kappa shape index (κ3) is 5.42. The Bertz CT molecular complexity index is 1060. The summed E-state index contributed by atoms with van der Waals surface area (Å²) in [6.45, 7) is 4.63. The van der Waals surface area contributed by atoms with Crippen LogP contribution in [0.3, 0.4) is 0 Å². The van der Waals surface area contributed by atoms with Crippen molar-refractivity contribution in [3.05, 3.63) is 64.3 Å². The molecule has 3 aromatic rings. The second-order valence-electron chi connectivity index (χ2n) is 7.44. The summed E-state index contributed by atoms with van der Waals surface area (Å²) < 4.78 is 13.2. The van der Waals surface area contributed by atoms with E-state index >= 15 is 0 Å². The number of halogens is 2. The minimum Gasteiger partial charge on any atom is -0.492 e. The van der Waals surface area contributed by atoms with Crippen molar-refractivity contribution >= 4 is 34.8 Å². The molecule has 0 unspecified atom stereocenters. The minimum atomic E-state index is -0.232. The Labute approximate surface area is 196 Å². The van der Waals surface area contributed by atoms with Crippen molar-refractivity contribution in [2.45, 2.75) is 0 Å². The van der Waals surface area contributed by atoms with Crippen LogP contribution in [-0.2, 0) is 11.8 Å². The molecular weight excluding hydrogens is 451 g/mol. The first kappa shape index (κ1) is 22.6. The Morgan fingerprint density at radius 1 is 1.16 bits per heavy atom. The predicted octanol–water partition coefficient (Wildman–Crippen LogP) is 4.36. The summed E-state index contributed by atoms with van der Waals surface area (Å²) in [6.07, 6.45) is 1.59. The van der Waals surface area contributed by atoms with Crippen LogP contribution in [0.15, 0.2) is 48.7 Å².